The Labute approximate surface area is 109 Å². The Kier molecular flexibility index (Phi) is 5.44. The maximum Gasteiger partial charge on any atom is 0.320 e. The van der Waals surface area contributed by atoms with Gasteiger partial charge in [-0.25, -0.2) is 4.79 Å². The number of carboxylic acids is 1. The first-order valence-corrected chi connectivity index (χ1v) is 6.72. The average molecular weight is 256 g/mol. The van der Waals surface area contributed by atoms with E-state index in [1.807, 2.05) is 6.92 Å². The van der Waals surface area contributed by atoms with E-state index in [2.05, 4.69) is 13.8 Å². The van der Waals surface area contributed by atoms with Crippen molar-refractivity contribution in [1.29, 1.82) is 0 Å². The van der Waals surface area contributed by atoms with Gasteiger partial charge in [-0.05, 0) is 25.7 Å². The lowest BCUT2D eigenvalue weighted by Crippen LogP contribution is -2.49. The number of likely N-dealkylation sites (tertiary alicyclic amines) is 1. The van der Waals surface area contributed by atoms with Gasteiger partial charge in [0.2, 0.25) is 0 Å². The van der Waals surface area contributed by atoms with Gasteiger partial charge < -0.3 is 14.9 Å². The van der Waals surface area contributed by atoms with Crippen molar-refractivity contribution in [3.8, 4) is 0 Å². The molecule has 1 aliphatic rings. The molecule has 0 aliphatic carbocycles. The second-order valence-corrected chi connectivity index (χ2v) is 5.34. The maximum absolute atomic E-state index is 12.3. The van der Waals surface area contributed by atoms with E-state index in [4.69, 9.17) is 5.11 Å². The number of aliphatic carboxylic acids is 1. The van der Waals surface area contributed by atoms with E-state index in [0.717, 1.165) is 13.0 Å². The Morgan fingerprint density at radius 2 is 2.11 bits per heavy atom. The predicted molar refractivity (Wildman–Crippen MR) is 69.4 cm³/mol. The molecule has 0 aromatic heterocycles. The third kappa shape index (κ3) is 3.89. The van der Waals surface area contributed by atoms with Gasteiger partial charge in [-0.2, -0.15) is 0 Å². The van der Waals surface area contributed by atoms with Crippen LogP contribution in [0.3, 0.4) is 0 Å². The van der Waals surface area contributed by atoms with E-state index in [1.165, 1.54) is 0 Å². The summed E-state index contributed by atoms with van der Waals surface area (Å²) >= 11 is 0. The molecule has 0 aromatic rings. The molecular weight excluding hydrogens is 232 g/mol. The van der Waals surface area contributed by atoms with E-state index in [1.54, 1.807) is 9.80 Å². The van der Waals surface area contributed by atoms with Gasteiger partial charge in [0.25, 0.3) is 0 Å². The molecule has 0 spiro atoms. The van der Waals surface area contributed by atoms with Crippen molar-refractivity contribution in [2.75, 3.05) is 26.2 Å². The molecule has 104 valence electrons. The van der Waals surface area contributed by atoms with E-state index >= 15 is 0 Å². The van der Waals surface area contributed by atoms with Crippen LogP contribution in [0.5, 0.6) is 0 Å². The molecule has 1 atom stereocenters. The van der Waals surface area contributed by atoms with Crippen LogP contribution >= 0.6 is 0 Å². The molecule has 2 amide bonds. The molecule has 0 unspecified atom stereocenters. The Morgan fingerprint density at radius 1 is 1.44 bits per heavy atom. The summed E-state index contributed by atoms with van der Waals surface area (Å²) in [5, 5.41) is 9.03. The van der Waals surface area contributed by atoms with Crippen LogP contribution in [-0.2, 0) is 4.79 Å². The van der Waals surface area contributed by atoms with Gasteiger partial charge in [0.15, 0.2) is 0 Å². The van der Waals surface area contributed by atoms with Crippen LogP contribution in [0.1, 0.15) is 33.6 Å². The van der Waals surface area contributed by atoms with Crippen LogP contribution < -0.4 is 0 Å². The highest BCUT2D eigenvalue weighted by atomic mass is 16.4. The van der Waals surface area contributed by atoms with E-state index in [-0.39, 0.29) is 6.03 Å². The average Bonchev–Trinajstić information content (AvgIpc) is 2.35. The monoisotopic (exact) mass is 256 g/mol. The van der Waals surface area contributed by atoms with Crippen molar-refractivity contribution >= 4 is 12.0 Å². The van der Waals surface area contributed by atoms with E-state index < -0.39 is 11.9 Å². The summed E-state index contributed by atoms with van der Waals surface area (Å²) in [7, 11) is 0. The SMILES string of the molecule is CCN(CC(C)C)C(=O)N1CCC[C@H](C(=O)O)C1. The van der Waals surface area contributed by atoms with E-state index in [0.29, 0.717) is 32.0 Å². The van der Waals surface area contributed by atoms with Crippen LogP contribution in [0.2, 0.25) is 0 Å². The quantitative estimate of drug-likeness (QED) is 0.835. The molecule has 0 radical (unpaired) electrons. The van der Waals surface area contributed by atoms with Gasteiger partial charge in [-0.1, -0.05) is 13.8 Å². The first-order chi connectivity index (χ1) is 8.45. The van der Waals surface area contributed by atoms with Crippen molar-refractivity contribution in [1.82, 2.24) is 9.80 Å². The summed E-state index contributed by atoms with van der Waals surface area (Å²) in [4.78, 5) is 26.8. The lowest BCUT2D eigenvalue weighted by atomic mass is 9.98. The van der Waals surface area contributed by atoms with Gasteiger partial charge in [-0.3, -0.25) is 4.79 Å². The van der Waals surface area contributed by atoms with Crippen molar-refractivity contribution in [2.24, 2.45) is 11.8 Å². The molecule has 0 saturated carbocycles. The number of urea groups is 1. The van der Waals surface area contributed by atoms with E-state index in [9.17, 15) is 9.59 Å². The molecule has 5 heteroatoms. The smallest absolute Gasteiger partial charge is 0.320 e. The number of carbonyl (C=O) groups excluding carboxylic acids is 1. The lowest BCUT2D eigenvalue weighted by Gasteiger charge is -2.35. The number of carboxylic acid groups (broad SMARTS) is 1. The molecule has 5 nitrogen and oxygen atoms in total. The molecule has 1 rings (SSSR count). The van der Waals surface area contributed by atoms with Crippen molar-refractivity contribution in [2.45, 2.75) is 33.6 Å². The fourth-order valence-corrected chi connectivity index (χ4v) is 2.34. The molecule has 1 heterocycles. The van der Waals surface area contributed by atoms with Crippen LogP contribution in [-0.4, -0.2) is 53.1 Å². The van der Waals surface area contributed by atoms with Crippen LogP contribution in [0, 0.1) is 11.8 Å². The summed E-state index contributed by atoms with van der Waals surface area (Å²) in [6.45, 7) is 8.53. The Hall–Kier alpha value is -1.26. The first kappa shape index (κ1) is 14.8. The molecule has 1 saturated heterocycles. The van der Waals surface area contributed by atoms with Crippen LogP contribution in [0.25, 0.3) is 0 Å². The van der Waals surface area contributed by atoms with Gasteiger partial charge in [0.05, 0.1) is 5.92 Å². The highest BCUT2D eigenvalue weighted by molar-refractivity contribution is 5.76. The fraction of sp³-hybridized carbons (Fsp3) is 0.846. The third-order valence-electron chi connectivity index (χ3n) is 3.28. The normalized spacial score (nSPS) is 20.0. The second-order valence-electron chi connectivity index (χ2n) is 5.34. The number of amides is 2. The summed E-state index contributed by atoms with van der Waals surface area (Å²) in [5.41, 5.74) is 0. The minimum Gasteiger partial charge on any atom is -0.481 e. The minimum absolute atomic E-state index is 0.0165. The Morgan fingerprint density at radius 3 is 2.61 bits per heavy atom. The number of hydrogen-bond acceptors (Lipinski definition) is 2. The third-order valence-corrected chi connectivity index (χ3v) is 3.28. The summed E-state index contributed by atoms with van der Waals surface area (Å²) < 4.78 is 0. The van der Waals surface area contributed by atoms with Gasteiger partial charge in [0.1, 0.15) is 0 Å². The molecule has 1 fully saturated rings. The number of carbonyl (C=O) groups is 2. The van der Waals surface area contributed by atoms with Gasteiger partial charge >= 0.3 is 12.0 Å². The Balaban J connectivity index is 2.61. The zero-order chi connectivity index (χ0) is 13.7. The summed E-state index contributed by atoms with van der Waals surface area (Å²) in [6, 6.07) is -0.0165. The zero-order valence-corrected chi connectivity index (χ0v) is 11.6. The largest absolute Gasteiger partial charge is 0.481 e. The number of nitrogens with zero attached hydrogens (tertiary/aromatic N) is 2. The predicted octanol–water partition coefficient (Wildman–Crippen LogP) is 1.88. The van der Waals surface area contributed by atoms with Crippen molar-refractivity contribution in [3.05, 3.63) is 0 Å². The topological polar surface area (TPSA) is 60.9 Å². The molecule has 1 aliphatic heterocycles. The molecule has 18 heavy (non-hydrogen) atoms. The maximum atomic E-state index is 12.3. The standard InChI is InChI=1S/C13H24N2O3/c1-4-14(8-10(2)3)13(18)15-7-5-6-11(9-15)12(16)17/h10-11H,4-9H2,1-3H3,(H,16,17)/t11-/m0/s1. The van der Waals surface area contributed by atoms with Crippen molar-refractivity contribution < 1.29 is 14.7 Å². The first-order valence-electron chi connectivity index (χ1n) is 6.72. The number of piperidine rings is 1. The minimum atomic E-state index is -0.792. The van der Waals surface area contributed by atoms with Gasteiger partial charge in [-0.15, -0.1) is 0 Å². The zero-order valence-electron chi connectivity index (χ0n) is 11.6. The highest BCUT2D eigenvalue weighted by Crippen LogP contribution is 2.18. The fourth-order valence-electron chi connectivity index (χ4n) is 2.34. The second kappa shape index (κ2) is 6.61. The van der Waals surface area contributed by atoms with Crippen molar-refractivity contribution in [3.63, 3.8) is 0 Å². The van der Waals surface area contributed by atoms with Crippen LogP contribution in [0.15, 0.2) is 0 Å². The lowest BCUT2D eigenvalue weighted by molar-refractivity contribution is -0.143. The van der Waals surface area contributed by atoms with Crippen LogP contribution in [0.4, 0.5) is 4.79 Å². The number of rotatable bonds is 4. The summed E-state index contributed by atoms with van der Waals surface area (Å²) in [6.07, 6.45) is 1.46. The highest BCUT2D eigenvalue weighted by Gasteiger charge is 2.30. The summed E-state index contributed by atoms with van der Waals surface area (Å²) in [5.74, 6) is -0.770. The number of hydrogen-bond donors (Lipinski definition) is 1. The Bertz CT molecular complexity index is 305. The molecule has 0 aromatic carbocycles. The van der Waals surface area contributed by atoms with Gasteiger partial charge in [0, 0.05) is 26.2 Å². The molecule has 1 N–H and O–H groups in total. The molecule has 0 bridgehead atoms. The molecular formula is C13H24N2O3.